The molecule has 4 heteroatoms. The van der Waals surface area contributed by atoms with Gasteiger partial charge in [-0.2, -0.15) is 5.10 Å². The minimum atomic E-state index is 0.0778. The van der Waals surface area contributed by atoms with Crippen molar-refractivity contribution in [2.24, 2.45) is 5.41 Å². The quantitative estimate of drug-likeness (QED) is 0.825. The predicted octanol–water partition coefficient (Wildman–Crippen LogP) is 3.00. The number of likely N-dealkylation sites (N-methyl/N-ethyl adjacent to an activating group) is 1. The van der Waals surface area contributed by atoms with Crippen molar-refractivity contribution < 1.29 is 4.74 Å². The summed E-state index contributed by atoms with van der Waals surface area (Å²) in [5.74, 6) is 0. The van der Waals surface area contributed by atoms with E-state index in [9.17, 15) is 0 Å². The van der Waals surface area contributed by atoms with E-state index >= 15 is 0 Å². The van der Waals surface area contributed by atoms with Crippen molar-refractivity contribution in [1.82, 2.24) is 15.1 Å². The van der Waals surface area contributed by atoms with Gasteiger partial charge in [0.05, 0.1) is 18.3 Å². The maximum absolute atomic E-state index is 5.75. The number of hydrogen-bond donors (Lipinski definition) is 1. The molecule has 4 nitrogen and oxygen atoms in total. The highest BCUT2D eigenvalue weighted by atomic mass is 16.5. The number of rotatable bonds is 7. The Morgan fingerprint density at radius 2 is 2.05 bits per heavy atom. The molecular weight excluding hydrogens is 238 g/mol. The summed E-state index contributed by atoms with van der Waals surface area (Å²) in [6.45, 7) is 12.8. The largest absolute Gasteiger partial charge is 0.379 e. The molecule has 2 unspecified atom stereocenters. The molecule has 1 rings (SSSR count). The normalized spacial score (nSPS) is 15.5. The van der Waals surface area contributed by atoms with Crippen LogP contribution in [-0.2, 0) is 11.3 Å². The molecule has 0 amide bonds. The number of hydrogen-bond acceptors (Lipinski definition) is 3. The Balaban J connectivity index is 2.97. The SMILES string of the molecule is CCCn1cc(C(NCC)C(OC)C(C)(C)C)cn1. The predicted molar refractivity (Wildman–Crippen MR) is 79.2 cm³/mol. The lowest BCUT2D eigenvalue weighted by Crippen LogP contribution is -2.41. The third-order valence-corrected chi connectivity index (χ3v) is 3.30. The third-order valence-electron chi connectivity index (χ3n) is 3.30. The van der Waals surface area contributed by atoms with Crippen LogP contribution in [-0.4, -0.2) is 29.5 Å². The van der Waals surface area contributed by atoms with Crippen LogP contribution in [0.25, 0.3) is 0 Å². The van der Waals surface area contributed by atoms with Crippen LogP contribution in [0.2, 0.25) is 0 Å². The smallest absolute Gasteiger partial charge is 0.0815 e. The molecule has 0 aliphatic rings. The van der Waals surface area contributed by atoms with Crippen LogP contribution < -0.4 is 5.32 Å². The lowest BCUT2D eigenvalue weighted by atomic mass is 9.82. The summed E-state index contributed by atoms with van der Waals surface area (Å²) < 4.78 is 7.76. The zero-order chi connectivity index (χ0) is 14.5. The van der Waals surface area contributed by atoms with Gasteiger partial charge in [0, 0.05) is 25.4 Å². The molecule has 0 aliphatic heterocycles. The topological polar surface area (TPSA) is 39.1 Å². The lowest BCUT2D eigenvalue weighted by Gasteiger charge is -2.36. The Morgan fingerprint density at radius 3 is 2.53 bits per heavy atom. The number of methoxy groups -OCH3 is 1. The first-order valence-corrected chi connectivity index (χ1v) is 7.22. The van der Waals surface area contributed by atoms with Gasteiger partial charge in [0.1, 0.15) is 0 Å². The summed E-state index contributed by atoms with van der Waals surface area (Å²) in [6, 6.07) is 0.181. The highest BCUT2D eigenvalue weighted by molar-refractivity contribution is 5.14. The van der Waals surface area contributed by atoms with Crippen molar-refractivity contribution in [2.45, 2.75) is 59.7 Å². The summed E-state index contributed by atoms with van der Waals surface area (Å²) in [5.41, 5.74) is 1.28. The molecule has 0 radical (unpaired) electrons. The first-order valence-electron chi connectivity index (χ1n) is 7.22. The zero-order valence-electron chi connectivity index (χ0n) is 13.2. The van der Waals surface area contributed by atoms with Gasteiger partial charge in [0.2, 0.25) is 0 Å². The first-order chi connectivity index (χ1) is 8.93. The van der Waals surface area contributed by atoms with E-state index in [1.165, 1.54) is 5.56 Å². The van der Waals surface area contributed by atoms with Crippen LogP contribution in [0.3, 0.4) is 0 Å². The summed E-state index contributed by atoms with van der Waals surface area (Å²) in [6.07, 6.45) is 5.31. The van der Waals surface area contributed by atoms with Crippen LogP contribution in [0.1, 0.15) is 52.6 Å². The van der Waals surface area contributed by atoms with Gasteiger partial charge in [-0.15, -0.1) is 0 Å². The Kier molecular flexibility index (Phi) is 6.01. The molecular formula is C15H29N3O. The van der Waals surface area contributed by atoms with E-state index in [4.69, 9.17) is 4.74 Å². The molecule has 19 heavy (non-hydrogen) atoms. The van der Waals surface area contributed by atoms with Crippen molar-refractivity contribution in [2.75, 3.05) is 13.7 Å². The molecule has 1 aromatic heterocycles. The second kappa shape index (κ2) is 7.06. The molecule has 0 fully saturated rings. The van der Waals surface area contributed by atoms with Gasteiger partial charge in [-0.05, 0) is 18.4 Å². The van der Waals surface area contributed by atoms with Crippen molar-refractivity contribution >= 4 is 0 Å². The van der Waals surface area contributed by atoms with Gasteiger partial charge in [0.15, 0.2) is 0 Å². The average Bonchev–Trinajstić information content (AvgIpc) is 2.76. The van der Waals surface area contributed by atoms with Gasteiger partial charge in [-0.1, -0.05) is 34.6 Å². The fourth-order valence-corrected chi connectivity index (χ4v) is 2.50. The van der Waals surface area contributed by atoms with Gasteiger partial charge in [-0.3, -0.25) is 4.68 Å². The molecule has 0 saturated carbocycles. The van der Waals surface area contributed by atoms with Crippen molar-refractivity contribution in [3.8, 4) is 0 Å². The van der Waals surface area contributed by atoms with E-state index in [0.717, 1.165) is 19.5 Å². The number of aryl methyl sites for hydroxylation is 1. The standard InChI is InChI=1S/C15H29N3O/c1-7-9-18-11-12(10-17-18)13(16-8-2)14(19-6)15(3,4)5/h10-11,13-14,16H,7-9H2,1-6H3. The summed E-state index contributed by atoms with van der Waals surface area (Å²) >= 11 is 0. The molecule has 1 aromatic rings. The van der Waals surface area contributed by atoms with E-state index in [1.807, 2.05) is 10.9 Å². The molecule has 0 spiro atoms. The molecule has 1 N–H and O–H groups in total. The Bertz CT molecular complexity index is 368. The van der Waals surface area contributed by atoms with Crippen molar-refractivity contribution in [3.63, 3.8) is 0 Å². The fourth-order valence-electron chi connectivity index (χ4n) is 2.50. The number of ether oxygens (including phenoxy) is 1. The lowest BCUT2D eigenvalue weighted by molar-refractivity contribution is -0.0116. The number of aromatic nitrogens is 2. The van der Waals surface area contributed by atoms with Gasteiger partial charge in [-0.25, -0.2) is 0 Å². The molecule has 0 bridgehead atoms. The maximum Gasteiger partial charge on any atom is 0.0815 e. The number of nitrogens with one attached hydrogen (secondary N) is 1. The second-order valence-electron chi connectivity index (χ2n) is 6.09. The van der Waals surface area contributed by atoms with Gasteiger partial charge < -0.3 is 10.1 Å². The maximum atomic E-state index is 5.75. The molecule has 110 valence electrons. The van der Waals surface area contributed by atoms with E-state index < -0.39 is 0 Å². The van der Waals surface area contributed by atoms with E-state index in [2.05, 4.69) is 51.2 Å². The Hall–Kier alpha value is -0.870. The molecule has 0 aromatic carbocycles. The summed E-state index contributed by atoms with van der Waals surface area (Å²) in [5, 5.41) is 7.96. The highest BCUT2D eigenvalue weighted by Gasteiger charge is 2.33. The fraction of sp³-hybridized carbons (Fsp3) is 0.800. The molecule has 1 heterocycles. The first kappa shape index (κ1) is 16.2. The Morgan fingerprint density at radius 1 is 1.37 bits per heavy atom. The molecule has 2 atom stereocenters. The number of nitrogens with zero attached hydrogens (tertiary/aromatic N) is 2. The Labute approximate surface area is 117 Å². The van der Waals surface area contributed by atoms with Crippen molar-refractivity contribution in [3.05, 3.63) is 18.0 Å². The van der Waals surface area contributed by atoms with Gasteiger partial charge in [0.25, 0.3) is 0 Å². The van der Waals surface area contributed by atoms with Crippen LogP contribution in [0.15, 0.2) is 12.4 Å². The second-order valence-corrected chi connectivity index (χ2v) is 6.09. The monoisotopic (exact) mass is 267 g/mol. The minimum absolute atomic E-state index is 0.0778. The third kappa shape index (κ3) is 4.32. The summed E-state index contributed by atoms with van der Waals surface area (Å²) in [4.78, 5) is 0. The van der Waals surface area contributed by atoms with E-state index in [0.29, 0.717) is 0 Å². The molecule has 0 saturated heterocycles. The summed E-state index contributed by atoms with van der Waals surface area (Å²) in [7, 11) is 1.79. The minimum Gasteiger partial charge on any atom is -0.379 e. The van der Waals surface area contributed by atoms with Gasteiger partial charge >= 0.3 is 0 Å². The molecule has 0 aliphatic carbocycles. The highest BCUT2D eigenvalue weighted by Crippen LogP contribution is 2.32. The van der Waals surface area contributed by atoms with Crippen LogP contribution in [0.5, 0.6) is 0 Å². The average molecular weight is 267 g/mol. The van der Waals surface area contributed by atoms with E-state index in [-0.39, 0.29) is 17.6 Å². The van der Waals surface area contributed by atoms with Crippen LogP contribution >= 0.6 is 0 Å². The van der Waals surface area contributed by atoms with Crippen LogP contribution in [0, 0.1) is 5.41 Å². The zero-order valence-corrected chi connectivity index (χ0v) is 13.2. The van der Waals surface area contributed by atoms with Crippen LogP contribution in [0.4, 0.5) is 0 Å². The van der Waals surface area contributed by atoms with E-state index in [1.54, 1.807) is 7.11 Å². The van der Waals surface area contributed by atoms with Crippen molar-refractivity contribution in [1.29, 1.82) is 0 Å².